The van der Waals surface area contributed by atoms with Crippen LogP contribution < -0.4 is 0 Å². The Labute approximate surface area is 518 Å². The molecule has 0 N–H and O–H groups in total. The second-order valence-corrected chi connectivity index (χ2v) is 31.0. The number of rotatable bonds is 64. The summed E-state index contributed by atoms with van der Waals surface area (Å²) in [6, 6.07) is 0. The van der Waals surface area contributed by atoms with Crippen LogP contribution in [0, 0.1) is 0 Å². The molecule has 0 bridgehead atoms. The summed E-state index contributed by atoms with van der Waals surface area (Å²) in [5.41, 5.74) is 0. The maximum Gasteiger partial charge on any atom is 0.307 e. The number of nitrogens with zero attached hydrogens (tertiary/aromatic N) is 3. The van der Waals surface area contributed by atoms with Crippen LogP contribution in [0.3, 0.4) is 0 Å². The van der Waals surface area contributed by atoms with E-state index in [0.717, 1.165) is 93.0 Å². The minimum Gasteiger partial charge on any atom is -0.467 e. The molecule has 0 saturated carbocycles. The summed E-state index contributed by atoms with van der Waals surface area (Å²) in [6.45, 7) is 20.2. The average Bonchev–Trinajstić information content (AvgIpc) is 3.44. The number of ether oxygens (including phenoxy) is 4. The molecule has 0 amide bonds. The molecule has 19 heteroatoms. The molecule has 0 aromatic heterocycles. The van der Waals surface area contributed by atoms with Gasteiger partial charge in [0.25, 0.3) is 6.47 Å². The summed E-state index contributed by atoms with van der Waals surface area (Å²) in [4.78, 5) is 54.6. The van der Waals surface area contributed by atoms with Crippen LogP contribution in [0.4, 0.5) is 0 Å². The van der Waals surface area contributed by atoms with Crippen molar-refractivity contribution in [3.8, 4) is 0 Å². The lowest BCUT2D eigenvalue weighted by Crippen LogP contribution is -2.34. The van der Waals surface area contributed by atoms with Crippen LogP contribution in [0.25, 0.3) is 0 Å². The zero-order chi connectivity index (χ0) is 58.0. The molecule has 0 aromatic rings. The van der Waals surface area contributed by atoms with E-state index in [2.05, 4.69) is 61.1 Å². The standard InChI is InChI=1S/C49H97N3O6S6.C11H22O2S2/c1-6-10-13-16-19-22-41-59-62-44-38-56-47(53)27-35-51(30-9-4)33-25-31-50(5)32-26-34-52(36-28-48(54)57-39-45-63-60-42-23-20-17-14-11-7-2)37-29-49(55)58-40-46-64-61-43-24-21-18-15-12-8-3;1-2-3-4-5-6-7-9-14-15-10-8-13-11-12/h6-46H2,1-5H3;11H,2-10H2,1H3. The van der Waals surface area contributed by atoms with Gasteiger partial charge in [-0.1, -0.05) is 249 Å². The quantitative estimate of drug-likeness (QED) is 0.0189. The molecule has 0 heterocycles. The highest BCUT2D eigenvalue weighted by atomic mass is 33.1. The zero-order valence-corrected chi connectivity index (χ0v) is 57.8. The predicted octanol–water partition coefficient (Wildman–Crippen LogP) is 17.6. The van der Waals surface area contributed by atoms with E-state index in [-0.39, 0.29) is 17.9 Å². The molecule has 0 unspecified atom stereocenters. The van der Waals surface area contributed by atoms with Crippen molar-refractivity contribution >= 4 is 111 Å². The van der Waals surface area contributed by atoms with Crippen molar-refractivity contribution in [2.24, 2.45) is 0 Å². The highest BCUT2D eigenvalue weighted by Crippen LogP contribution is 2.26. The van der Waals surface area contributed by atoms with E-state index < -0.39 is 0 Å². The zero-order valence-electron chi connectivity index (χ0n) is 51.3. The van der Waals surface area contributed by atoms with Crippen LogP contribution in [0.5, 0.6) is 0 Å². The Balaban J connectivity index is 0. The van der Waals surface area contributed by atoms with Crippen molar-refractivity contribution in [2.75, 3.05) is 132 Å². The normalized spacial score (nSPS) is 11.4. The average molecular weight is 1270 g/mol. The van der Waals surface area contributed by atoms with E-state index in [4.69, 9.17) is 14.2 Å². The molecular formula is C60H119N3O8S8. The monoisotopic (exact) mass is 1270 g/mol. The van der Waals surface area contributed by atoms with Gasteiger partial charge < -0.3 is 33.6 Å². The molecule has 79 heavy (non-hydrogen) atoms. The molecule has 11 nitrogen and oxygen atoms in total. The first-order valence-electron chi connectivity index (χ1n) is 31.4. The predicted molar refractivity (Wildman–Crippen MR) is 362 cm³/mol. The van der Waals surface area contributed by atoms with Gasteiger partial charge in [-0.25, -0.2) is 0 Å². The highest BCUT2D eigenvalue weighted by molar-refractivity contribution is 8.77. The van der Waals surface area contributed by atoms with Gasteiger partial charge in [0, 0.05) is 65.7 Å². The fourth-order valence-corrected chi connectivity index (χ4v) is 16.0. The van der Waals surface area contributed by atoms with Gasteiger partial charge in [0.1, 0.15) is 26.4 Å². The number of esters is 3. The van der Waals surface area contributed by atoms with Gasteiger partial charge in [0.05, 0.1) is 19.3 Å². The largest absolute Gasteiger partial charge is 0.467 e. The smallest absolute Gasteiger partial charge is 0.307 e. The lowest BCUT2D eigenvalue weighted by Gasteiger charge is -2.25. The second kappa shape index (κ2) is 71.0. The fourth-order valence-electron chi connectivity index (χ4n) is 8.13. The molecule has 0 rings (SSSR count). The van der Waals surface area contributed by atoms with Crippen LogP contribution in [-0.2, 0) is 38.1 Å². The molecule has 0 fully saturated rings. The number of carbonyl (C=O) groups excluding carboxylic acids is 4. The minimum atomic E-state index is -0.168. The van der Waals surface area contributed by atoms with Crippen LogP contribution in [0.15, 0.2) is 0 Å². The van der Waals surface area contributed by atoms with Gasteiger partial charge in [-0.05, 0) is 84.7 Å². The van der Waals surface area contributed by atoms with Crippen LogP contribution in [0.2, 0.25) is 0 Å². The number of hydrogen-bond acceptors (Lipinski definition) is 19. The first-order chi connectivity index (χ1) is 38.8. The molecule has 0 radical (unpaired) electrons. The van der Waals surface area contributed by atoms with Crippen molar-refractivity contribution in [1.29, 1.82) is 0 Å². The van der Waals surface area contributed by atoms with Crippen molar-refractivity contribution < 1.29 is 38.1 Å². The van der Waals surface area contributed by atoms with E-state index in [1.165, 1.54) is 166 Å². The van der Waals surface area contributed by atoms with Gasteiger partial charge in [-0.2, -0.15) is 0 Å². The third-order valence-electron chi connectivity index (χ3n) is 12.8. The molecule has 470 valence electrons. The van der Waals surface area contributed by atoms with E-state index in [0.29, 0.717) is 65.3 Å². The van der Waals surface area contributed by atoms with Crippen LogP contribution in [-0.4, -0.2) is 171 Å². The topological polar surface area (TPSA) is 115 Å². The fraction of sp³-hybridized carbons (Fsp3) is 0.933. The van der Waals surface area contributed by atoms with Gasteiger partial charge in [0.15, 0.2) is 0 Å². The SMILES string of the molecule is CCCCCCCCSSCCOC(=O)CCN(CCC)CCCN(C)CCCN(CCC(=O)OCCSSCCCCCCCC)CCC(=O)OCCSSCCCCCCCC.CCCCCCCCSSCCOC=O. The lowest BCUT2D eigenvalue weighted by molar-refractivity contribution is -0.144. The van der Waals surface area contributed by atoms with Crippen molar-refractivity contribution in [3.63, 3.8) is 0 Å². The molecule has 0 aliphatic rings. The Bertz CT molecular complexity index is 1240. The van der Waals surface area contributed by atoms with Crippen LogP contribution >= 0.6 is 86.4 Å². The molecule has 0 aliphatic carbocycles. The van der Waals surface area contributed by atoms with Crippen molar-refractivity contribution in [2.45, 2.75) is 227 Å². The molecular weight excluding hydrogens is 1150 g/mol. The third-order valence-corrected chi connectivity index (χ3v) is 22.6. The summed E-state index contributed by atoms with van der Waals surface area (Å²) < 4.78 is 21.3. The van der Waals surface area contributed by atoms with Gasteiger partial charge in [-0.3, -0.25) is 19.2 Å². The molecule has 0 saturated heterocycles. The maximum absolute atomic E-state index is 12.7. The van der Waals surface area contributed by atoms with Crippen molar-refractivity contribution in [1.82, 2.24) is 14.7 Å². The third kappa shape index (κ3) is 69.2. The summed E-state index contributed by atoms with van der Waals surface area (Å²) >= 11 is 0. The van der Waals surface area contributed by atoms with Gasteiger partial charge in [-0.15, -0.1) is 0 Å². The summed E-state index contributed by atoms with van der Waals surface area (Å²) in [7, 11) is 16.9. The molecule has 0 atom stereocenters. The summed E-state index contributed by atoms with van der Waals surface area (Å²) in [5.74, 6) is 7.65. The van der Waals surface area contributed by atoms with Crippen molar-refractivity contribution in [3.05, 3.63) is 0 Å². The van der Waals surface area contributed by atoms with Gasteiger partial charge >= 0.3 is 17.9 Å². The number of carbonyl (C=O) groups is 4. The maximum atomic E-state index is 12.7. The number of unbranched alkanes of at least 4 members (excludes halogenated alkanes) is 20. The van der Waals surface area contributed by atoms with E-state index in [1.807, 2.05) is 54.0 Å². The molecule has 0 aliphatic heterocycles. The van der Waals surface area contributed by atoms with Gasteiger partial charge in [0.2, 0.25) is 0 Å². The van der Waals surface area contributed by atoms with E-state index in [9.17, 15) is 19.2 Å². The molecule has 0 spiro atoms. The number of hydrogen-bond donors (Lipinski definition) is 0. The lowest BCUT2D eigenvalue weighted by atomic mass is 10.1. The Kier molecular flexibility index (Phi) is 73.4. The first-order valence-corrected chi connectivity index (χ1v) is 41.4. The minimum absolute atomic E-state index is 0.0924. The summed E-state index contributed by atoms with van der Waals surface area (Å²) in [6.07, 6.45) is 36.0. The summed E-state index contributed by atoms with van der Waals surface area (Å²) in [5, 5.41) is 0. The Morgan fingerprint density at radius 2 is 0.595 bits per heavy atom. The first kappa shape index (κ1) is 81.6. The van der Waals surface area contributed by atoms with Crippen LogP contribution in [0.1, 0.15) is 227 Å². The Hall–Kier alpha value is 0.560. The van der Waals surface area contributed by atoms with E-state index >= 15 is 0 Å². The van der Waals surface area contributed by atoms with E-state index in [1.54, 1.807) is 32.4 Å². The molecule has 0 aromatic carbocycles. The Morgan fingerprint density at radius 3 is 0.899 bits per heavy atom. The second-order valence-electron chi connectivity index (χ2n) is 20.2. The highest BCUT2D eigenvalue weighted by Gasteiger charge is 2.14. The Morgan fingerprint density at radius 1 is 0.316 bits per heavy atom.